The Bertz CT molecular complexity index is 585. The Morgan fingerprint density at radius 2 is 2.17 bits per heavy atom. The average Bonchev–Trinajstić information content (AvgIpc) is 2.73. The maximum atomic E-state index is 10.6. The van der Waals surface area contributed by atoms with E-state index in [1.807, 2.05) is 12.1 Å². The molecule has 7 heteroatoms. The minimum Gasteiger partial charge on any atom is -0.454 e. The van der Waals surface area contributed by atoms with Gasteiger partial charge in [0.25, 0.3) is 5.69 Å². The molecule has 18 heavy (non-hydrogen) atoms. The molecule has 0 aliphatic carbocycles. The molecular formula is C11H8BrIN2O3. The van der Waals surface area contributed by atoms with E-state index in [0.29, 0.717) is 11.0 Å². The van der Waals surface area contributed by atoms with E-state index in [0.717, 1.165) is 15.2 Å². The number of nitrogens with zero attached hydrogens (tertiary/aromatic N) is 1. The highest BCUT2D eigenvalue weighted by molar-refractivity contribution is 14.1. The molecular weight excluding hydrogens is 415 g/mol. The fourth-order valence-corrected chi connectivity index (χ4v) is 2.36. The van der Waals surface area contributed by atoms with Gasteiger partial charge in [-0.15, -0.1) is 0 Å². The number of halogens is 2. The van der Waals surface area contributed by atoms with E-state index in [2.05, 4.69) is 43.8 Å². The molecule has 0 bridgehead atoms. The Morgan fingerprint density at radius 1 is 1.39 bits per heavy atom. The number of hydrogen-bond acceptors (Lipinski definition) is 4. The molecule has 0 aliphatic heterocycles. The number of nitro groups is 1. The third-order valence-electron chi connectivity index (χ3n) is 2.25. The summed E-state index contributed by atoms with van der Waals surface area (Å²) in [5, 5.41) is 13.7. The number of benzene rings is 1. The maximum Gasteiger partial charge on any atom is 0.270 e. The van der Waals surface area contributed by atoms with E-state index in [-0.39, 0.29) is 5.69 Å². The zero-order valence-electron chi connectivity index (χ0n) is 9.02. The van der Waals surface area contributed by atoms with Gasteiger partial charge in [-0.3, -0.25) is 10.1 Å². The van der Waals surface area contributed by atoms with Crippen LogP contribution in [0.5, 0.6) is 0 Å². The van der Waals surface area contributed by atoms with E-state index in [4.69, 9.17) is 4.42 Å². The van der Waals surface area contributed by atoms with Crippen LogP contribution in [0.3, 0.4) is 0 Å². The summed E-state index contributed by atoms with van der Waals surface area (Å²) in [7, 11) is 0. The van der Waals surface area contributed by atoms with Crippen LogP contribution in [0, 0.1) is 13.9 Å². The molecule has 0 radical (unpaired) electrons. The molecule has 5 nitrogen and oxygen atoms in total. The summed E-state index contributed by atoms with van der Waals surface area (Å²) in [6.45, 7) is 0.527. The lowest BCUT2D eigenvalue weighted by Crippen LogP contribution is -1.99. The van der Waals surface area contributed by atoms with Crippen molar-refractivity contribution in [3.05, 3.63) is 54.4 Å². The van der Waals surface area contributed by atoms with E-state index < -0.39 is 4.92 Å². The molecule has 0 amide bonds. The fourth-order valence-electron chi connectivity index (χ4n) is 1.39. The van der Waals surface area contributed by atoms with E-state index in [1.54, 1.807) is 6.07 Å². The van der Waals surface area contributed by atoms with E-state index in [1.165, 1.54) is 12.1 Å². The van der Waals surface area contributed by atoms with Crippen LogP contribution in [-0.2, 0) is 6.54 Å². The van der Waals surface area contributed by atoms with Gasteiger partial charge in [0, 0.05) is 22.3 Å². The number of anilines is 1. The second-order valence-electron chi connectivity index (χ2n) is 3.48. The van der Waals surface area contributed by atoms with Crippen LogP contribution < -0.4 is 5.32 Å². The largest absolute Gasteiger partial charge is 0.454 e. The molecule has 0 saturated carbocycles. The number of non-ortho nitro benzene ring substituents is 1. The number of rotatable bonds is 4. The average molecular weight is 423 g/mol. The van der Waals surface area contributed by atoms with Gasteiger partial charge in [0.1, 0.15) is 5.76 Å². The summed E-state index contributed by atoms with van der Waals surface area (Å²) in [5.74, 6) is 0.810. The van der Waals surface area contributed by atoms with Crippen molar-refractivity contribution < 1.29 is 9.34 Å². The normalized spacial score (nSPS) is 10.3. The highest BCUT2D eigenvalue weighted by Crippen LogP contribution is 2.27. The van der Waals surface area contributed by atoms with Crippen molar-refractivity contribution in [2.45, 2.75) is 6.54 Å². The summed E-state index contributed by atoms with van der Waals surface area (Å²) in [6.07, 6.45) is 0. The molecule has 0 aliphatic rings. The predicted molar refractivity (Wildman–Crippen MR) is 79.5 cm³/mol. The van der Waals surface area contributed by atoms with Gasteiger partial charge in [0.2, 0.25) is 0 Å². The van der Waals surface area contributed by atoms with Crippen molar-refractivity contribution >= 4 is 49.9 Å². The Labute approximate surface area is 125 Å². The van der Waals surface area contributed by atoms with Crippen molar-refractivity contribution in [3.8, 4) is 0 Å². The standard InChI is InChI=1S/C11H8BrIN2O3/c12-9-5-7(15(16)17)1-3-10(9)14-6-8-2-4-11(13)18-8/h1-5,14H,6H2. The van der Waals surface area contributed by atoms with Crippen molar-refractivity contribution in [2.75, 3.05) is 5.32 Å². The van der Waals surface area contributed by atoms with Crippen LogP contribution in [0.2, 0.25) is 0 Å². The monoisotopic (exact) mass is 422 g/mol. The van der Waals surface area contributed by atoms with Crippen LogP contribution in [0.4, 0.5) is 11.4 Å². The van der Waals surface area contributed by atoms with Gasteiger partial charge in [0.05, 0.1) is 11.5 Å². The van der Waals surface area contributed by atoms with Crippen molar-refractivity contribution in [2.24, 2.45) is 0 Å². The molecule has 1 heterocycles. The van der Waals surface area contributed by atoms with E-state index in [9.17, 15) is 10.1 Å². The third kappa shape index (κ3) is 3.22. The second kappa shape index (κ2) is 5.70. The summed E-state index contributed by atoms with van der Waals surface area (Å²) in [5.41, 5.74) is 0.840. The van der Waals surface area contributed by atoms with Crippen molar-refractivity contribution in [3.63, 3.8) is 0 Å². The second-order valence-corrected chi connectivity index (χ2v) is 5.40. The van der Waals surface area contributed by atoms with Gasteiger partial charge in [-0.2, -0.15) is 0 Å². The first-order valence-corrected chi connectivity index (χ1v) is 6.85. The lowest BCUT2D eigenvalue weighted by molar-refractivity contribution is -0.384. The molecule has 94 valence electrons. The van der Waals surface area contributed by atoms with Crippen LogP contribution in [0.25, 0.3) is 0 Å². The van der Waals surface area contributed by atoms with Crippen LogP contribution in [0.15, 0.2) is 39.2 Å². The molecule has 0 spiro atoms. The van der Waals surface area contributed by atoms with Crippen molar-refractivity contribution in [1.29, 1.82) is 0 Å². The van der Waals surface area contributed by atoms with Crippen molar-refractivity contribution in [1.82, 2.24) is 0 Å². The molecule has 1 aromatic carbocycles. The molecule has 2 aromatic rings. The summed E-state index contributed by atoms with van der Waals surface area (Å²) in [6, 6.07) is 8.35. The van der Waals surface area contributed by atoms with Gasteiger partial charge in [0.15, 0.2) is 3.77 Å². The zero-order valence-corrected chi connectivity index (χ0v) is 12.8. The minimum absolute atomic E-state index is 0.0555. The molecule has 1 N–H and O–H groups in total. The first-order valence-electron chi connectivity index (χ1n) is 4.98. The SMILES string of the molecule is O=[N+]([O-])c1ccc(NCc2ccc(I)o2)c(Br)c1. The minimum atomic E-state index is -0.427. The maximum absolute atomic E-state index is 10.6. The molecule has 0 atom stereocenters. The highest BCUT2D eigenvalue weighted by Gasteiger charge is 2.09. The first-order chi connectivity index (χ1) is 8.56. The lowest BCUT2D eigenvalue weighted by atomic mass is 10.3. The molecule has 0 fully saturated rings. The molecule has 0 unspecified atom stereocenters. The Hall–Kier alpha value is -1.09. The van der Waals surface area contributed by atoms with Gasteiger partial charge in [-0.05, 0) is 56.7 Å². The lowest BCUT2D eigenvalue weighted by Gasteiger charge is -2.06. The zero-order chi connectivity index (χ0) is 13.1. The van der Waals surface area contributed by atoms with E-state index >= 15 is 0 Å². The fraction of sp³-hybridized carbons (Fsp3) is 0.0909. The number of hydrogen-bond donors (Lipinski definition) is 1. The van der Waals surface area contributed by atoms with Crippen LogP contribution >= 0.6 is 38.5 Å². The molecule has 0 saturated heterocycles. The Morgan fingerprint density at radius 3 is 2.72 bits per heavy atom. The molecule has 2 rings (SSSR count). The third-order valence-corrected chi connectivity index (χ3v) is 3.48. The van der Waals surface area contributed by atoms with Gasteiger partial charge in [-0.1, -0.05) is 0 Å². The Kier molecular flexibility index (Phi) is 4.23. The summed E-state index contributed by atoms with van der Waals surface area (Å²) in [4.78, 5) is 10.2. The summed E-state index contributed by atoms with van der Waals surface area (Å²) >= 11 is 5.39. The quantitative estimate of drug-likeness (QED) is 0.456. The number of furan rings is 1. The van der Waals surface area contributed by atoms with Gasteiger partial charge in [-0.25, -0.2) is 0 Å². The summed E-state index contributed by atoms with van der Waals surface area (Å²) < 4.78 is 6.88. The van der Waals surface area contributed by atoms with Crippen LogP contribution in [-0.4, -0.2) is 4.92 Å². The predicted octanol–water partition coefficient (Wildman–Crippen LogP) is 4.17. The van der Waals surface area contributed by atoms with Gasteiger partial charge < -0.3 is 9.73 Å². The topological polar surface area (TPSA) is 68.3 Å². The number of nitro benzene ring substituents is 1. The van der Waals surface area contributed by atoms with Gasteiger partial charge >= 0.3 is 0 Å². The highest BCUT2D eigenvalue weighted by atomic mass is 127. The van der Waals surface area contributed by atoms with Crippen LogP contribution in [0.1, 0.15) is 5.76 Å². The Balaban J connectivity index is 2.08. The first kappa shape index (κ1) is 13.3. The smallest absolute Gasteiger partial charge is 0.270 e. The number of nitrogens with one attached hydrogen (secondary N) is 1. The molecule has 1 aromatic heterocycles.